The van der Waals surface area contributed by atoms with E-state index in [4.69, 9.17) is 0 Å². The number of alkyl halides is 1. The molecule has 3 aromatic rings. The van der Waals surface area contributed by atoms with Gasteiger partial charge in [-0.3, -0.25) is 9.20 Å². The molecule has 0 unspecified atom stereocenters. The molecule has 0 N–H and O–H groups in total. The van der Waals surface area contributed by atoms with Crippen LogP contribution >= 0.6 is 15.9 Å². The van der Waals surface area contributed by atoms with Crippen molar-refractivity contribution in [3.05, 3.63) is 34.6 Å². The SMILES string of the molecule is Cc1cc2c(cc1C)n1c(C(=O)CBr)c(C)nc1n2C. The molecule has 0 spiro atoms. The van der Waals surface area contributed by atoms with Gasteiger partial charge < -0.3 is 4.57 Å². The molecule has 0 aliphatic carbocycles. The van der Waals surface area contributed by atoms with Crippen molar-refractivity contribution in [1.29, 1.82) is 0 Å². The average Bonchev–Trinajstić information content (AvgIpc) is 2.87. The second-order valence-electron chi connectivity index (χ2n) is 5.22. The van der Waals surface area contributed by atoms with E-state index in [-0.39, 0.29) is 5.78 Å². The zero-order chi connectivity index (χ0) is 14.6. The highest BCUT2D eigenvalue weighted by Gasteiger charge is 2.21. The lowest BCUT2D eigenvalue weighted by Crippen LogP contribution is -2.06. The molecule has 5 heteroatoms. The zero-order valence-corrected chi connectivity index (χ0v) is 13.6. The Morgan fingerprint density at radius 2 is 1.80 bits per heavy atom. The van der Waals surface area contributed by atoms with E-state index in [0.29, 0.717) is 11.0 Å². The molecule has 0 amide bonds. The van der Waals surface area contributed by atoms with E-state index in [1.54, 1.807) is 0 Å². The minimum absolute atomic E-state index is 0.0562. The third kappa shape index (κ3) is 1.66. The third-order valence-corrected chi connectivity index (χ3v) is 4.42. The maximum atomic E-state index is 12.2. The van der Waals surface area contributed by atoms with Crippen LogP contribution in [0.4, 0.5) is 0 Å². The van der Waals surface area contributed by atoms with Crippen LogP contribution in [0.2, 0.25) is 0 Å². The highest BCUT2D eigenvalue weighted by molar-refractivity contribution is 9.09. The first kappa shape index (κ1) is 13.4. The van der Waals surface area contributed by atoms with Gasteiger partial charge in [-0.25, -0.2) is 4.98 Å². The van der Waals surface area contributed by atoms with Gasteiger partial charge in [-0.1, -0.05) is 15.9 Å². The molecular formula is C15H16BrN3O. The van der Waals surface area contributed by atoms with Crippen molar-refractivity contribution in [2.45, 2.75) is 20.8 Å². The summed E-state index contributed by atoms with van der Waals surface area (Å²) in [5, 5.41) is 0.308. The van der Waals surface area contributed by atoms with E-state index in [1.165, 1.54) is 11.1 Å². The smallest absolute Gasteiger partial charge is 0.215 e. The number of Topliss-reactive ketones (excluding diaryl/α,β-unsaturated/α-hetero) is 1. The van der Waals surface area contributed by atoms with Crippen molar-refractivity contribution in [2.24, 2.45) is 7.05 Å². The van der Waals surface area contributed by atoms with E-state index in [1.807, 2.05) is 22.9 Å². The van der Waals surface area contributed by atoms with Crippen molar-refractivity contribution in [2.75, 3.05) is 5.33 Å². The maximum absolute atomic E-state index is 12.2. The Hall–Kier alpha value is -1.62. The molecule has 2 aromatic heterocycles. The molecule has 0 atom stereocenters. The lowest BCUT2D eigenvalue weighted by atomic mass is 10.1. The van der Waals surface area contributed by atoms with Crippen LogP contribution in [0.25, 0.3) is 16.8 Å². The molecule has 0 saturated carbocycles. The first-order valence-electron chi connectivity index (χ1n) is 6.49. The summed E-state index contributed by atoms with van der Waals surface area (Å²) in [7, 11) is 1.99. The van der Waals surface area contributed by atoms with Crippen LogP contribution in [0.5, 0.6) is 0 Å². The Morgan fingerprint density at radius 1 is 1.20 bits per heavy atom. The Balaban J connectivity index is 2.54. The van der Waals surface area contributed by atoms with Gasteiger partial charge in [-0.05, 0) is 44.0 Å². The van der Waals surface area contributed by atoms with Gasteiger partial charge in [0.25, 0.3) is 0 Å². The lowest BCUT2D eigenvalue weighted by Gasteiger charge is -2.03. The van der Waals surface area contributed by atoms with Gasteiger partial charge >= 0.3 is 0 Å². The normalized spacial score (nSPS) is 11.7. The van der Waals surface area contributed by atoms with Gasteiger partial charge in [0.15, 0.2) is 5.78 Å². The molecule has 104 valence electrons. The fourth-order valence-electron chi connectivity index (χ4n) is 2.70. The fourth-order valence-corrected chi connectivity index (χ4v) is 2.96. The summed E-state index contributed by atoms with van der Waals surface area (Å²) >= 11 is 3.26. The number of carbonyl (C=O) groups is 1. The summed E-state index contributed by atoms with van der Waals surface area (Å²) in [6.45, 7) is 6.07. The van der Waals surface area contributed by atoms with Crippen molar-refractivity contribution >= 4 is 38.5 Å². The number of benzene rings is 1. The van der Waals surface area contributed by atoms with Crippen LogP contribution in [0, 0.1) is 20.8 Å². The largest absolute Gasteiger partial charge is 0.313 e. The number of aromatic nitrogens is 3. The summed E-state index contributed by atoms with van der Waals surface area (Å²) in [6, 6.07) is 4.28. The molecule has 4 nitrogen and oxygen atoms in total. The van der Waals surface area contributed by atoms with Crippen LogP contribution in [0.1, 0.15) is 27.3 Å². The molecule has 0 aliphatic rings. The van der Waals surface area contributed by atoms with Gasteiger partial charge in [0, 0.05) is 7.05 Å². The number of imidazole rings is 2. The summed E-state index contributed by atoms with van der Waals surface area (Å²) in [6.07, 6.45) is 0. The molecule has 0 fully saturated rings. The van der Waals surface area contributed by atoms with E-state index in [9.17, 15) is 4.79 Å². The zero-order valence-electron chi connectivity index (χ0n) is 12.0. The minimum atomic E-state index is 0.0562. The fraction of sp³-hybridized carbons (Fsp3) is 0.333. The predicted molar refractivity (Wildman–Crippen MR) is 84.0 cm³/mol. The van der Waals surface area contributed by atoms with Crippen molar-refractivity contribution in [3.8, 4) is 0 Å². The Labute approximate surface area is 125 Å². The number of ketones is 1. The minimum Gasteiger partial charge on any atom is -0.313 e. The molecule has 1 aromatic carbocycles. The molecular weight excluding hydrogens is 318 g/mol. The first-order chi connectivity index (χ1) is 9.45. The van der Waals surface area contributed by atoms with Gasteiger partial charge in [0.2, 0.25) is 5.78 Å². The van der Waals surface area contributed by atoms with Gasteiger partial charge in [-0.2, -0.15) is 0 Å². The molecule has 0 bridgehead atoms. The molecule has 0 aliphatic heterocycles. The van der Waals surface area contributed by atoms with E-state index in [0.717, 1.165) is 22.5 Å². The van der Waals surface area contributed by atoms with Crippen LogP contribution in [-0.2, 0) is 7.05 Å². The average molecular weight is 334 g/mol. The summed E-state index contributed by atoms with van der Waals surface area (Å²) in [5.41, 5.74) is 6.04. The van der Waals surface area contributed by atoms with Gasteiger partial charge in [0.05, 0.1) is 22.1 Å². The van der Waals surface area contributed by atoms with Crippen LogP contribution in [0.3, 0.4) is 0 Å². The number of fused-ring (bicyclic) bond motifs is 3. The molecule has 3 rings (SSSR count). The highest BCUT2D eigenvalue weighted by atomic mass is 79.9. The maximum Gasteiger partial charge on any atom is 0.215 e. The number of aryl methyl sites for hydroxylation is 4. The Bertz CT molecular complexity index is 857. The summed E-state index contributed by atoms with van der Waals surface area (Å²) < 4.78 is 4.01. The van der Waals surface area contributed by atoms with Crippen LogP contribution in [-0.4, -0.2) is 25.1 Å². The topological polar surface area (TPSA) is 39.3 Å². The van der Waals surface area contributed by atoms with E-state index >= 15 is 0 Å². The second kappa shape index (κ2) is 4.45. The quantitative estimate of drug-likeness (QED) is 0.533. The van der Waals surface area contributed by atoms with Gasteiger partial charge in [0.1, 0.15) is 5.69 Å². The molecule has 20 heavy (non-hydrogen) atoms. The van der Waals surface area contributed by atoms with Crippen molar-refractivity contribution in [3.63, 3.8) is 0 Å². The number of halogens is 1. The summed E-state index contributed by atoms with van der Waals surface area (Å²) in [5.74, 6) is 0.868. The Kier molecular flexibility index (Phi) is 2.97. The number of hydrogen-bond acceptors (Lipinski definition) is 2. The monoisotopic (exact) mass is 333 g/mol. The van der Waals surface area contributed by atoms with Crippen LogP contribution < -0.4 is 0 Å². The van der Waals surface area contributed by atoms with Crippen molar-refractivity contribution < 1.29 is 4.79 Å². The number of rotatable bonds is 2. The molecule has 0 radical (unpaired) electrons. The van der Waals surface area contributed by atoms with Crippen LogP contribution in [0.15, 0.2) is 12.1 Å². The highest BCUT2D eigenvalue weighted by Crippen LogP contribution is 2.26. The third-order valence-electron chi connectivity index (χ3n) is 3.91. The number of carbonyl (C=O) groups excluding carboxylic acids is 1. The molecule has 2 heterocycles. The van der Waals surface area contributed by atoms with E-state index in [2.05, 4.69) is 46.9 Å². The number of hydrogen-bond donors (Lipinski definition) is 0. The van der Waals surface area contributed by atoms with E-state index < -0.39 is 0 Å². The summed E-state index contributed by atoms with van der Waals surface area (Å²) in [4.78, 5) is 16.8. The second-order valence-corrected chi connectivity index (χ2v) is 5.78. The van der Waals surface area contributed by atoms with Crippen molar-refractivity contribution in [1.82, 2.24) is 14.0 Å². The lowest BCUT2D eigenvalue weighted by molar-refractivity contribution is 0.101. The number of nitrogens with zero attached hydrogens (tertiary/aromatic N) is 3. The standard InChI is InChI=1S/C15H16BrN3O/c1-8-5-11-12(6-9(8)2)19-14(13(20)7-16)10(3)17-15(19)18(11)4/h5-6H,7H2,1-4H3. The predicted octanol–water partition coefficient (Wildman–Crippen LogP) is 3.33. The Morgan fingerprint density at radius 3 is 2.40 bits per heavy atom. The molecule has 0 saturated heterocycles. The van der Waals surface area contributed by atoms with Gasteiger partial charge in [-0.15, -0.1) is 0 Å². The first-order valence-corrected chi connectivity index (χ1v) is 7.61.